The normalized spacial score (nSPS) is 19.1. The van der Waals surface area contributed by atoms with Crippen LogP contribution in [-0.2, 0) is 14.8 Å². The predicted molar refractivity (Wildman–Crippen MR) is 66.6 cm³/mol. The maximum Gasteiger partial charge on any atom is 0.345 e. The fraction of sp³-hybridized carbons (Fsp3) is 0.286. The van der Waals surface area contributed by atoms with E-state index in [0.717, 1.165) is 6.20 Å². The Labute approximate surface area is 115 Å². The van der Waals surface area contributed by atoms with E-state index in [1.165, 1.54) is 0 Å². The van der Waals surface area contributed by atoms with Crippen molar-refractivity contribution in [3.05, 3.63) is 16.3 Å². The van der Waals surface area contributed by atoms with Gasteiger partial charge in [-0.05, 0) is 11.3 Å². The lowest BCUT2D eigenvalue weighted by Crippen LogP contribution is -2.58. The lowest BCUT2D eigenvalue weighted by atomic mass is 10.3. The van der Waals surface area contributed by atoms with Gasteiger partial charge < -0.3 is 5.32 Å². The molecule has 0 aliphatic carbocycles. The number of carbonyl (C=O) groups excluding carboxylic acids is 2. The molecule has 3 N–H and O–H groups in total. The lowest BCUT2D eigenvalue weighted by Gasteiger charge is -2.21. The average Bonchev–Trinajstić information content (AvgIpc) is 2.76. The van der Waals surface area contributed by atoms with E-state index in [9.17, 15) is 28.1 Å². The van der Waals surface area contributed by atoms with E-state index >= 15 is 0 Å². The molecule has 1 saturated heterocycles. The molecule has 1 fully saturated rings. The summed E-state index contributed by atoms with van der Waals surface area (Å²) in [6.07, 6.45) is 0.894. The SMILES string of the molecule is O=C1NCC(S(=O)(=O)Nc2ncc([N+](=O)[O-])s2)C(=O)N1. The topological polar surface area (TPSA) is 160 Å². The quantitative estimate of drug-likeness (QED) is 0.473. The van der Waals surface area contributed by atoms with Gasteiger partial charge in [0, 0.05) is 6.54 Å². The number of hydrogen-bond acceptors (Lipinski definition) is 8. The predicted octanol–water partition coefficient (Wildman–Crippen LogP) is -0.999. The maximum absolute atomic E-state index is 11.9. The van der Waals surface area contributed by atoms with Crippen molar-refractivity contribution in [2.75, 3.05) is 11.3 Å². The van der Waals surface area contributed by atoms with Crippen LogP contribution in [0.5, 0.6) is 0 Å². The largest absolute Gasteiger partial charge is 0.345 e. The summed E-state index contributed by atoms with van der Waals surface area (Å²) in [7, 11) is -4.17. The van der Waals surface area contributed by atoms with Gasteiger partial charge in [-0.25, -0.2) is 18.2 Å². The number of amides is 3. The summed E-state index contributed by atoms with van der Waals surface area (Å²) in [6, 6.07) is -0.786. The number of thiazole rings is 1. The molecular weight excluding hydrogens is 314 g/mol. The molecule has 108 valence electrons. The standard InChI is InChI=1S/C7H7N5O6S2/c13-5-3(1-8-6(14)10-5)20(17,18)11-7-9-2-4(19-7)12(15)16/h2-3H,1H2,(H,9,11)(H2,8,10,13,14). The molecule has 1 aromatic heterocycles. The molecule has 2 rings (SSSR count). The summed E-state index contributed by atoms with van der Waals surface area (Å²) in [4.78, 5) is 35.5. The summed E-state index contributed by atoms with van der Waals surface area (Å²) in [5, 5.41) is 12.3. The molecule has 0 aromatic carbocycles. The molecule has 13 heteroatoms. The van der Waals surface area contributed by atoms with Gasteiger partial charge in [0.15, 0.2) is 5.25 Å². The number of aromatic nitrogens is 1. The van der Waals surface area contributed by atoms with Crippen LogP contribution in [0.15, 0.2) is 6.20 Å². The van der Waals surface area contributed by atoms with Crippen LogP contribution in [0.4, 0.5) is 14.9 Å². The smallest absolute Gasteiger partial charge is 0.336 e. The fourth-order valence-electron chi connectivity index (χ4n) is 1.36. The molecule has 0 saturated carbocycles. The number of hydrogen-bond donors (Lipinski definition) is 3. The van der Waals surface area contributed by atoms with Crippen molar-refractivity contribution in [2.24, 2.45) is 0 Å². The molecule has 0 bridgehead atoms. The van der Waals surface area contributed by atoms with E-state index in [0.29, 0.717) is 11.3 Å². The first-order valence-corrected chi connectivity index (χ1v) is 7.36. The first kappa shape index (κ1) is 14.1. The van der Waals surface area contributed by atoms with Gasteiger partial charge in [0.1, 0.15) is 6.20 Å². The highest BCUT2D eigenvalue weighted by molar-refractivity contribution is 7.94. The van der Waals surface area contributed by atoms with Crippen LogP contribution in [-0.4, -0.2) is 42.1 Å². The zero-order chi connectivity index (χ0) is 14.9. The van der Waals surface area contributed by atoms with Gasteiger partial charge in [0.2, 0.25) is 21.1 Å². The fourth-order valence-corrected chi connectivity index (χ4v) is 3.44. The van der Waals surface area contributed by atoms with Crippen LogP contribution in [0, 0.1) is 10.1 Å². The number of nitro groups is 1. The van der Waals surface area contributed by atoms with Crippen molar-refractivity contribution in [3.8, 4) is 0 Å². The molecule has 11 nitrogen and oxygen atoms in total. The van der Waals surface area contributed by atoms with E-state index in [4.69, 9.17) is 0 Å². The number of urea groups is 1. The highest BCUT2D eigenvalue weighted by Gasteiger charge is 2.37. The first-order valence-electron chi connectivity index (χ1n) is 5.00. The van der Waals surface area contributed by atoms with Gasteiger partial charge in [-0.3, -0.25) is 24.9 Å². The summed E-state index contributed by atoms with van der Waals surface area (Å²) in [6.45, 7) is -0.395. The molecule has 1 aromatic rings. The van der Waals surface area contributed by atoms with Gasteiger partial charge in [0.05, 0.1) is 4.92 Å². The number of rotatable bonds is 4. The Balaban J connectivity index is 2.16. The minimum atomic E-state index is -4.17. The van der Waals surface area contributed by atoms with Crippen LogP contribution in [0.3, 0.4) is 0 Å². The lowest BCUT2D eigenvalue weighted by molar-refractivity contribution is -0.380. The van der Waals surface area contributed by atoms with Gasteiger partial charge in [-0.1, -0.05) is 0 Å². The molecule has 0 radical (unpaired) electrons. The summed E-state index contributed by atoms with van der Waals surface area (Å²) < 4.78 is 25.8. The second-order valence-corrected chi connectivity index (χ2v) is 6.47. The van der Waals surface area contributed by atoms with Crippen molar-refractivity contribution >= 4 is 43.4 Å². The molecular formula is C7H7N5O6S2. The van der Waals surface area contributed by atoms with Crippen molar-refractivity contribution in [1.82, 2.24) is 15.6 Å². The Bertz CT molecular complexity index is 682. The Morgan fingerprint density at radius 1 is 1.50 bits per heavy atom. The van der Waals surface area contributed by atoms with Crippen molar-refractivity contribution in [3.63, 3.8) is 0 Å². The van der Waals surface area contributed by atoms with E-state index in [2.05, 4.69) is 10.3 Å². The minimum Gasteiger partial charge on any atom is -0.336 e. The Kier molecular flexibility index (Phi) is 3.54. The van der Waals surface area contributed by atoms with Crippen LogP contribution >= 0.6 is 11.3 Å². The van der Waals surface area contributed by atoms with Crippen molar-refractivity contribution < 1.29 is 22.9 Å². The molecule has 1 aliphatic heterocycles. The van der Waals surface area contributed by atoms with Gasteiger partial charge in [-0.2, -0.15) is 0 Å². The van der Waals surface area contributed by atoms with Gasteiger partial charge in [0.25, 0.3) is 0 Å². The van der Waals surface area contributed by atoms with Crippen molar-refractivity contribution in [2.45, 2.75) is 5.25 Å². The minimum absolute atomic E-state index is 0.235. The number of nitrogens with zero attached hydrogens (tertiary/aromatic N) is 2. The second kappa shape index (κ2) is 5.01. The maximum atomic E-state index is 11.9. The highest BCUT2D eigenvalue weighted by atomic mass is 32.2. The highest BCUT2D eigenvalue weighted by Crippen LogP contribution is 2.26. The first-order chi connectivity index (χ1) is 9.29. The zero-order valence-corrected chi connectivity index (χ0v) is 11.2. The third kappa shape index (κ3) is 2.83. The van der Waals surface area contributed by atoms with E-state index in [1.54, 1.807) is 0 Å². The molecule has 1 aliphatic rings. The molecule has 20 heavy (non-hydrogen) atoms. The van der Waals surface area contributed by atoms with Gasteiger partial charge in [-0.15, -0.1) is 0 Å². The molecule has 1 unspecified atom stereocenters. The summed E-state index contributed by atoms with van der Waals surface area (Å²) >= 11 is 0.514. The van der Waals surface area contributed by atoms with Crippen LogP contribution < -0.4 is 15.4 Å². The number of imide groups is 1. The average molecular weight is 321 g/mol. The third-order valence-corrected chi connectivity index (χ3v) is 4.86. The number of sulfonamides is 1. The third-order valence-electron chi connectivity index (χ3n) is 2.25. The molecule has 0 spiro atoms. The van der Waals surface area contributed by atoms with E-state index in [-0.39, 0.29) is 10.1 Å². The second-order valence-electron chi connectivity index (χ2n) is 3.60. The van der Waals surface area contributed by atoms with Crippen molar-refractivity contribution in [1.29, 1.82) is 0 Å². The number of nitrogens with one attached hydrogen (secondary N) is 3. The Morgan fingerprint density at radius 2 is 2.20 bits per heavy atom. The molecule has 1 atom stereocenters. The van der Waals surface area contributed by atoms with E-state index in [1.807, 2.05) is 10.0 Å². The number of carbonyl (C=O) groups is 2. The van der Waals surface area contributed by atoms with Gasteiger partial charge >= 0.3 is 11.0 Å². The number of anilines is 1. The summed E-state index contributed by atoms with van der Waals surface area (Å²) in [5.74, 6) is -0.979. The van der Waals surface area contributed by atoms with Crippen LogP contribution in [0.25, 0.3) is 0 Å². The molecule has 2 heterocycles. The van der Waals surface area contributed by atoms with Crippen LogP contribution in [0.2, 0.25) is 0 Å². The van der Waals surface area contributed by atoms with E-state index < -0.39 is 38.7 Å². The zero-order valence-electron chi connectivity index (χ0n) is 9.52. The Morgan fingerprint density at radius 3 is 2.75 bits per heavy atom. The molecule has 3 amide bonds. The van der Waals surface area contributed by atoms with Crippen LogP contribution in [0.1, 0.15) is 0 Å². The monoisotopic (exact) mass is 321 g/mol. The Hall–Kier alpha value is -2.28. The summed E-state index contributed by atoms with van der Waals surface area (Å²) in [5.41, 5.74) is 0.